The maximum Gasteiger partial charge on any atom is 0.0785 e. The van der Waals surface area contributed by atoms with Gasteiger partial charge in [0, 0.05) is 22.7 Å². The maximum absolute atomic E-state index is 2.51. The van der Waals surface area contributed by atoms with Gasteiger partial charge < -0.3 is 9.80 Å². The van der Waals surface area contributed by atoms with Crippen molar-refractivity contribution in [1.29, 1.82) is 0 Å². The lowest BCUT2D eigenvalue weighted by Gasteiger charge is -2.38. The molecule has 0 aromatic heterocycles. The first-order valence-corrected chi connectivity index (χ1v) is 23.0. The molecule has 0 radical (unpaired) electrons. The highest BCUT2D eigenvalue weighted by Crippen LogP contribution is 2.51. The smallest absolute Gasteiger partial charge is 0.0785 e. The van der Waals surface area contributed by atoms with Crippen LogP contribution in [0, 0.1) is 0 Å². The SMILES string of the molecule is CS(C)(C)c1ccc(N(c2ccccc2)C2C=Cc3ccc4c5c(ccc2c35)C=CC4N(c2ccccc2)c2ccc(S(C)(C)C)cc2)cc1. The minimum absolute atomic E-state index is 0.0454. The van der Waals surface area contributed by atoms with Gasteiger partial charge in [0.25, 0.3) is 0 Å². The average molecular weight is 691 g/mol. The summed E-state index contributed by atoms with van der Waals surface area (Å²) in [6.45, 7) is 0. The molecule has 0 spiro atoms. The average Bonchev–Trinajstić information content (AvgIpc) is 3.12. The van der Waals surface area contributed by atoms with Crippen molar-refractivity contribution in [2.45, 2.75) is 21.9 Å². The highest BCUT2D eigenvalue weighted by Gasteiger charge is 2.31. The van der Waals surface area contributed by atoms with Crippen molar-refractivity contribution in [3.8, 4) is 0 Å². The zero-order chi connectivity index (χ0) is 34.6. The fraction of sp³-hybridized carbons (Fsp3) is 0.174. The molecule has 0 saturated heterocycles. The number of rotatable bonds is 8. The van der Waals surface area contributed by atoms with Gasteiger partial charge in [0.2, 0.25) is 0 Å². The molecule has 50 heavy (non-hydrogen) atoms. The topological polar surface area (TPSA) is 6.48 Å². The van der Waals surface area contributed by atoms with Crippen LogP contribution < -0.4 is 9.80 Å². The van der Waals surface area contributed by atoms with Crippen LogP contribution in [0.2, 0.25) is 0 Å². The van der Waals surface area contributed by atoms with Crippen molar-refractivity contribution in [2.24, 2.45) is 0 Å². The van der Waals surface area contributed by atoms with E-state index in [2.05, 4.69) is 205 Å². The zero-order valence-corrected chi connectivity index (χ0v) is 31.5. The fourth-order valence-corrected chi connectivity index (χ4v) is 9.47. The van der Waals surface area contributed by atoms with Gasteiger partial charge in [0.1, 0.15) is 0 Å². The number of nitrogens with zero attached hydrogens (tertiary/aromatic N) is 2. The minimum atomic E-state index is -0.817. The van der Waals surface area contributed by atoms with Crippen LogP contribution >= 0.6 is 20.1 Å². The quantitative estimate of drug-likeness (QED) is 0.157. The monoisotopic (exact) mass is 690 g/mol. The molecule has 2 nitrogen and oxygen atoms in total. The molecular weight excluding hydrogens is 645 g/mol. The molecule has 0 bridgehead atoms. The lowest BCUT2D eigenvalue weighted by Crippen LogP contribution is -2.26. The summed E-state index contributed by atoms with van der Waals surface area (Å²) in [6.07, 6.45) is 23.6. The third-order valence-electron chi connectivity index (χ3n) is 10.1. The Kier molecular flexibility index (Phi) is 8.20. The molecule has 2 atom stereocenters. The molecule has 4 heteroatoms. The molecule has 0 heterocycles. The van der Waals surface area contributed by atoms with E-state index in [1.165, 1.54) is 65.6 Å². The number of hydrogen-bond acceptors (Lipinski definition) is 2. The summed E-state index contributed by atoms with van der Waals surface area (Å²) in [5.74, 6) is 0. The Morgan fingerprint density at radius 3 is 1.06 bits per heavy atom. The summed E-state index contributed by atoms with van der Waals surface area (Å²) in [5, 5.41) is 2.72. The van der Waals surface area contributed by atoms with Gasteiger partial charge in [0.15, 0.2) is 0 Å². The van der Waals surface area contributed by atoms with Crippen LogP contribution in [0.1, 0.15) is 34.3 Å². The first kappa shape index (κ1) is 32.6. The Labute approximate surface area is 301 Å². The van der Waals surface area contributed by atoms with Crippen molar-refractivity contribution in [3.63, 3.8) is 0 Å². The van der Waals surface area contributed by atoms with Gasteiger partial charge in [-0.1, -0.05) is 85.0 Å². The molecular formula is C46H46N2S2. The van der Waals surface area contributed by atoms with Crippen LogP contribution in [0.25, 0.3) is 22.9 Å². The lowest BCUT2D eigenvalue weighted by molar-refractivity contribution is 0.848. The van der Waals surface area contributed by atoms with E-state index in [1.54, 1.807) is 0 Å². The Morgan fingerprint density at radius 2 is 0.720 bits per heavy atom. The van der Waals surface area contributed by atoms with Crippen LogP contribution in [0.3, 0.4) is 0 Å². The first-order valence-electron chi connectivity index (χ1n) is 17.3. The second-order valence-corrected chi connectivity index (χ2v) is 23.2. The molecule has 252 valence electrons. The van der Waals surface area contributed by atoms with E-state index >= 15 is 0 Å². The molecule has 8 rings (SSSR count). The number of para-hydroxylation sites is 2. The van der Waals surface area contributed by atoms with E-state index in [0.717, 1.165) is 0 Å². The lowest BCUT2D eigenvalue weighted by atomic mass is 9.81. The fourth-order valence-electron chi connectivity index (χ4n) is 7.57. The third kappa shape index (κ3) is 5.85. The Bertz CT molecular complexity index is 2060. The van der Waals surface area contributed by atoms with Crippen LogP contribution in [-0.2, 0) is 0 Å². The van der Waals surface area contributed by atoms with E-state index in [0.29, 0.717) is 0 Å². The van der Waals surface area contributed by atoms with Gasteiger partial charge in [0.05, 0.1) is 12.1 Å². The molecule has 0 aliphatic heterocycles. The zero-order valence-electron chi connectivity index (χ0n) is 29.9. The van der Waals surface area contributed by atoms with E-state index in [4.69, 9.17) is 0 Å². The predicted octanol–water partition coefficient (Wildman–Crippen LogP) is 12.8. The molecule has 2 unspecified atom stereocenters. The minimum Gasteiger partial charge on any atom is -0.330 e. The molecule has 2 aliphatic carbocycles. The van der Waals surface area contributed by atoms with Gasteiger partial charge in [-0.15, -0.1) is 0 Å². The molecule has 6 aromatic rings. The summed E-state index contributed by atoms with van der Waals surface area (Å²) in [6, 6.07) is 49.9. The molecule has 0 fully saturated rings. The Morgan fingerprint density at radius 1 is 0.380 bits per heavy atom. The van der Waals surface area contributed by atoms with Crippen LogP contribution in [0.5, 0.6) is 0 Å². The van der Waals surface area contributed by atoms with E-state index in [-0.39, 0.29) is 12.1 Å². The molecule has 6 aromatic carbocycles. The number of hydrogen-bond donors (Lipinski definition) is 0. The van der Waals surface area contributed by atoms with E-state index in [1.807, 2.05) is 0 Å². The second kappa shape index (κ2) is 12.6. The summed E-state index contributed by atoms with van der Waals surface area (Å²) in [5.41, 5.74) is 10.0. The summed E-state index contributed by atoms with van der Waals surface area (Å²) < 4.78 is 0. The number of anilines is 4. The van der Waals surface area contributed by atoms with Crippen LogP contribution in [0.4, 0.5) is 22.7 Å². The largest absolute Gasteiger partial charge is 0.330 e. The molecule has 0 N–H and O–H groups in total. The maximum atomic E-state index is 2.51. The van der Waals surface area contributed by atoms with E-state index < -0.39 is 20.1 Å². The summed E-state index contributed by atoms with van der Waals surface area (Å²) in [4.78, 5) is 7.87. The molecule has 2 aliphatic rings. The van der Waals surface area contributed by atoms with Gasteiger partial charge in [-0.25, -0.2) is 20.1 Å². The van der Waals surface area contributed by atoms with Crippen molar-refractivity contribution >= 4 is 65.7 Å². The van der Waals surface area contributed by atoms with Crippen molar-refractivity contribution in [2.75, 3.05) is 47.3 Å². The molecule has 0 saturated carbocycles. The van der Waals surface area contributed by atoms with E-state index in [9.17, 15) is 0 Å². The van der Waals surface area contributed by atoms with Gasteiger partial charge in [-0.3, -0.25) is 0 Å². The highest BCUT2D eigenvalue weighted by molar-refractivity contribution is 8.32. The van der Waals surface area contributed by atoms with Crippen molar-refractivity contribution in [1.82, 2.24) is 0 Å². The van der Waals surface area contributed by atoms with Crippen LogP contribution in [0.15, 0.2) is 155 Å². The Balaban J connectivity index is 1.28. The van der Waals surface area contributed by atoms with Gasteiger partial charge in [-0.2, -0.15) is 0 Å². The summed E-state index contributed by atoms with van der Waals surface area (Å²) in [7, 11) is -1.63. The normalized spacial score (nSPS) is 17.1. The first-order chi connectivity index (χ1) is 24.1. The third-order valence-corrected chi connectivity index (χ3v) is 13.5. The standard InChI is InChI=1S/C46H46N2S2/c1-49(2,3)39-25-21-37(22-26-39)47(35-13-9-7-10-14-35)43-31-19-33-18-30-42-44(32-20-34-17-29-41(43)45(33)46(34)42)48(36-15-11-8-12-16-36)38-23-27-40(28-24-38)50(4,5)6/h7-32,43-44H,1-6H3. The van der Waals surface area contributed by atoms with Gasteiger partial charge in [-0.05, 0) is 153 Å². The van der Waals surface area contributed by atoms with Crippen LogP contribution in [-0.4, -0.2) is 37.5 Å². The summed E-state index contributed by atoms with van der Waals surface area (Å²) >= 11 is 0. The second-order valence-electron chi connectivity index (χ2n) is 14.9. The Hall–Kier alpha value is -4.64. The predicted molar refractivity (Wildman–Crippen MR) is 225 cm³/mol. The number of benzene rings is 6. The molecule has 0 amide bonds. The highest BCUT2D eigenvalue weighted by atomic mass is 32.3. The van der Waals surface area contributed by atoms with Crippen molar-refractivity contribution in [3.05, 3.63) is 168 Å². The van der Waals surface area contributed by atoms with Gasteiger partial charge >= 0.3 is 0 Å². The van der Waals surface area contributed by atoms with Crippen molar-refractivity contribution < 1.29 is 0 Å².